The molecule has 18 heavy (non-hydrogen) atoms. The first-order valence-electron chi connectivity index (χ1n) is 5.51. The van der Waals surface area contributed by atoms with E-state index in [1.807, 2.05) is 0 Å². The second-order valence-corrected chi connectivity index (χ2v) is 4.17. The standard InChI is InChI=1S/C13H17NO4/c1-8-6-5-7-11(14)12(8)13(4,17-9(2)15)18-10(3)16/h5-7H,14H2,1-4H3. The Bertz CT molecular complexity index is 446. The maximum absolute atomic E-state index is 11.2. The van der Waals surface area contributed by atoms with E-state index in [1.165, 1.54) is 20.8 Å². The van der Waals surface area contributed by atoms with Crippen LogP contribution in [-0.4, -0.2) is 11.9 Å². The van der Waals surface area contributed by atoms with Crippen LogP contribution in [0.25, 0.3) is 0 Å². The van der Waals surface area contributed by atoms with E-state index in [2.05, 4.69) is 0 Å². The summed E-state index contributed by atoms with van der Waals surface area (Å²) < 4.78 is 10.3. The van der Waals surface area contributed by atoms with Gasteiger partial charge in [-0.25, -0.2) is 0 Å². The van der Waals surface area contributed by atoms with E-state index in [9.17, 15) is 9.59 Å². The van der Waals surface area contributed by atoms with E-state index >= 15 is 0 Å². The highest BCUT2D eigenvalue weighted by Crippen LogP contribution is 2.34. The Morgan fingerprint density at radius 1 is 1.17 bits per heavy atom. The number of aryl methyl sites for hydroxylation is 1. The minimum Gasteiger partial charge on any atom is -0.418 e. The Hall–Kier alpha value is -2.04. The normalized spacial score (nSPS) is 10.9. The molecule has 0 atom stereocenters. The van der Waals surface area contributed by atoms with Gasteiger partial charge < -0.3 is 15.2 Å². The van der Waals surface area contributed by atoms with Crippen LogP contribution >= 0.6 is 0 Å². The number of anilines is 1. The second kappa shape index (κ2) is 5.08. The number of ether oxygens (including phenoxy) is 2. The molecule has 1 rings (SSSR count). The number of benzene rings is 1. The summed E-state index contributed by atoms with van der Waals surface area (Å²) in [5.74, 6) is -2.62. The lowest BCUT2D eigenvalue weighted by molar-refractivity contribution is -0.224. The van der Waals surface area contributed by atoms with Crippen LogP contribution in [0.4, 0.5) is 5.69 Å². The Balaban J connectivity index is 3.33. The topological polar surface area (TPSA) is 78.6 Å². The summed E-state index contributed by atoms with van der Waals surface area (Å²) in [5.41, 5.74) is 7.54. The number of hydrogen-bond acceptors (Lipinski definition) is 5. The summed E-state index contributed by atoms with van der Waals surface area (Å²) in [7, 11) is 0. The maximum atomic E-state index is 11.2. The number of carbonyl (C=O) groups excluding carboxylic acids is 2. The zero-order valence-corrected chi connectivity index (χ0v) is 10.9. The summed E-state index contributed by atoms with van der Waals surface area (Å²) >= 11 is 0. The first-order chi connectivity index (χ1) is 8.26. The van der Waals surface area contributed by atoms with Crippen molar-refractivity contribution in [1.82, 2.24) is 0 Å². The summed E-state index contributed by atoms with van der Waals surface area (Å²) in [4.78, 5) is 22.4. The average molecular weight is 251 g/mol. The predicted molar refractivity (Wildman–Crippen MR) is 66.5 cm³/mol. The van der Waals surface area contributed by atoms with Crippen molar-refractivity contribution in [1.29, 1.82) is 0 Å². The highest BCUT2D eigenvalue weighted by molar-refractivity contribution is 5.70. The van der Waals surface area contributed by atoms with Gasteiger partial charge >= 0.3 is 11.9 Å². The van der Waals surface area contributed by atoms with Crippen molar-refractivity contribution in [2.75, 3.05) is 5.73 Å². The molecule has 0 aliphatic heterocycles. The summed E-state index contributed by atoms with van der Waals surface area (Å²) in [6.45, 7) is 5.79. The molecular weight excluding hydrogens is 234 g/mol. The van der Waals surface area contributed by atoms with Crippen LogP contribution in [-0.2, 0) is 24.8 Å². The van der Waals surface area contributed by atoms with Gasteiger partial charge in [-0.3, -0.25) is 9.59 Å². The lowest BCUT2D eigenvalue weighted by Crippen LogP contribution is -2.34. The molecule has 98 valence electrons. The lowest BCUT2D eigenvalue weighted by atomic mass is 9.99. The minimum atomic E-state index is -1.51. The summed E-state index contributed by atoms with van der Waals surface area (Å²) in [6, 6.07) is 5.24. The minimum absolute atomic E-state index is 0.403. The molecule has 0 saturated carbocycles. The van der Waals surface area contributed by atoms with Crippen molar-refractivity contribution in [2.24, 2.45) is 0 Å². The second-order valence-electron chi connectivity index (χ2n) is 4.17. The van der Waals surface area contributed by atoms with Crippen LogP contribution < -0.4 is 5.73 Å². The molecule has 0 saturated heterocycles. The van der Waals surface area contributed by atoms with Gasteiger partial charge in [0, 0.05) is 26.5 Å². The highest BCUT2D eigenvalue weighted by atomic mass is 16.7. The summed E-state index contributed by atoms with van der Waals surface area (Å²) in [5, 5.41) is 0. The van der Waals surface area contributed by atoms with Gasteiger partial charge in [0.1, 0.15) is 0 Å². The lowest BCUT2D eigenvalue weighted by Gasteiger charge is -2.30. The predicted octanol–water partition coefficient (Wildman–Crippen LogP) is 1.88. The number of hydrogen-bond donors (Lipinski definition) is 1. The van der Waals surface area contributed by atoms with Gasteiger partial charge in [-0.1, -0.05) is 12.1 Å². The van der Waals surface area contributed by atoms with E-state index in [4.69, 9.17) is 15.2 Å². The molecular formula is C13H17NO4. The fourth-order valence-corrected chi connectivity index (χ4v) is 1.98. The molecule has 5 nitrogen and oxygen atoms in total. The molecule has 2 N–H and O–H groups in total. The maximum Gasteiger partial charge on any atom is 0.306 e. The molecule has 0 aliphatic carbocycles. The van der Waals surface area contributed by atoms with Crippen LogP contribution in [0.5, 0.6) is 0 Å². The molecule has 0 amide bonds. The van der Waals surface area contributed by atoms with Crippen molar-refractivity contribution in [2.45, 2.75) is 33.5 Å². The fraction of sp³-hybridized carbons (Fsp3) is 0.385. The van der Waals surface area contributed by atoms with E-state index in [0.717, 1.165) is 5.56 Å². The number of rotatable bonds is 3. The third-order valence-corrected chi connectivity index (χ3v) is 2.44. The van der Waals surface area contributed by atoms with E-state index in [1.54, 1.807) is 25.1 Å². The van der Waals surface area contributed by atoms with Crippen LogP contribution in [0, 0.1) is 6.92 Å². The molecule has 0 radical (unpaired) electrons. The third kappa shape index (κ3) is 3.00. The van der Waals surface area contributed by atoms with E-state index in [0.29, 0.717) is 11.3 Å². The molecule has 1 aromatic carbocycles. The quantitative estimate of drug-likeness (QED) is 0.504. The van der Waals surface area contributed by atoms with Crippen LogP contribution in [0.15, 0.2) is 18.2 Å². The zero-order valence-electron chi connectivity index (χ0n) is 10.9. The first kappa shape index (κ1) is 14.0. The van der Waals surface area contributed by atoms with Gasteiger partial charge in [-0.15, -0.1) is 0 Å². The number of nitrogens with two attached hydrogens (primary N) is 1. The largest absolute Gasteiger partial charge is 0.418 e. The fourth-order valence-electron chi connectivity index (χ4n) is 1.98. The van der Waals surface area contributed by atoms with Gasteiger partial charge in [0.05, 0.1) is 5.56 Å². The van der Waals surface area contributed by atoms with Gasteiger partial charge in [0.15, 0.2) is 0 Å². The Labute approximate surface area is 106 Å². The molecule has 0 bridgehead atoms. The molecule has 0 aromatic heterocycles. The Morgan fingerprint density at radius 3 is 2.06 bits per heavy atom. The van der Waals surface area contributed by atoms with E-state index in [-0.39, 0.29) is 0 Å². The first-order valence-corrected chi connectivity index (χ1v) is 5.51. The molecule has 0 spiro atoms. The highest BCUT2D eigenvalue weighted by Gasteiger charge is 2.37. The molecule has 0 unspecified atom stereocenters. The average Bonchev–Trinajstić information content (AvgIpc) is 2.13. The van der Waals surface area contributed by atoms with E-state index < -0.39 is 17.7 Å². The third-order valence-electron chi connectivity index (χ3n) is 2.44. The zero-order chi connectivity index (χ0) is 13.9. The van der Waals surface area contributed by atoms with Crippen molar-refractivity contribution in [3.05, 3.63) is 29.3 Å². The van der Waals surface area contributed by atoms with Crippen LogP contribution in [0.1, 0.15) is 31.9 Å². The van der Waals surface area contributed by atoms with Crippen LogP contribution in [0.3, 0.4) is 0 Å². The smallest absolute Gasteiger partial charge is 0.306 e. The monoisotopic (exact) mass is 251 g/mol. The van der Waals surface area contributed by atoms with Crippen molar-refractivity contribution in [3.63, 3.8) is 0 Å². The molecule has 5 heteroatoms. The van der Waals surface area contributed by atoms with Crippen molar-refractivity contribution < 1.29 is 19.1 Å². The van der Waals surface area contributed by atoms with Crippen LogP contribution in [0.2, 0.25) is 0 Å². The number of nitrogen functional groups attached to an aromatic ring is 1. The molecule has 0 fully saturated rings. The molecule has 1 aromatic rings. The Morgan fingerprint density at radius 2 is 1.67 bits per heavy atom. The molecule has 0 heterocycles. The Kier molecular flexibility index (Phi) is 3.96. The molecule has 0 aliphatic rings. The number of carbonyl (C=O) groups is 2. The van der Waals surface area contributed by atoms with Gasteiger partial charge in [0.2, 0.25) is 0 Å². The van der Waals surface area contributed by atoms with Crippen molar-refractivity contribution in [3.8, 4) is 0 Å². The summed E-state index contributed by atoms with van der Waals surface area (Å²) in [6.07, 6.45) is 0. The number of esters is 2. The SMILES string of the molecule is CC(=O)OC(C)(OC(C)=O)c1c(C)cccc1N. The van der Waals surface area contributed by atoms with Gasteiger partial charge in [-0.2, -0.15) is 0 Å². The van der Waals surface area contributed by atoms with Gasteiger partial charge in [-0.05, 0) is 18.6 Å². The van der Waals surface area contributed by atoms with Gasteiger partial charge in [0.25, 0.3) is 5.79 Å². The van der Waals surface area contributed by atoms with Crippen molar-refractivity contribution >= 4 is 17.6 Å².